The van der Waals surface area contributed by atoms with Crippen molar-refractivity contribution in [3.63, 3.8) is 0 Å². The van der Waals surface area contributed by atoms with Crippen molar-refractivity contribution in [1.29, 1.82) is 0 Å². The smallest absolute Gasteiger partial charge is 0.354 e. The van der Waals surface area contributed by atoms with E-state index in [1.165, 1.54) is 12.1 Å². The van der Waals surface area contributed by atoms with E-state index in [-0.39, 0.29) is 18.8 Å². The van der Waals surface area contributed by atoms with Crippen LogP contribution in [-0.4, -0.2) is 30.3 Å². The minimum absolute atomic E-state index is 0.0629. The summed E-state index contributed by atoms with van der Waals surface area (Å²) in [6, 6.07) is 7.86. The molecule has 0 amide bonds. The third-order valence-electron chi connectivity index (χ3n) is 2.33. The zero-order valence-electron chi connectivity index (χ0n) is 10.4. The standard InChI is InChI=1S/C13H16O5/c1-3-17-11(14)13(16,12(15)18-4-2)10-8-6-5-7-9-10/h5-9,16H,3-4H2,1-2H3. The molecule has 1 rings (SSSR count). The van der Waals surface area contributed by atoms with Gasteiger partial charge in [-0.2, -0.15) is 0 Å². The van der Waals surface area contributed by atoms with Crippen LogP contribution in [0.1, 0.15) is 19.4 Å². The molecule has 0 fully saturated rings. The second-order valence-corrected chi connectivity index (χ2v) is 3.52. The fourth-order valence-corrected chi connectivity index (χ4v) is 1.47. The molecule has 18 heavy (non-hydrogen) atoms. The molecule has 0 aromatic heterocycles. The predicted molar refractivity (Wildman–Crippen MR) is 63.6 cm³/mol. The highest BCUT2D eigenvalue weighted by Crippen LogP contribution is 2.24. The summed E-state index contributed by atoms with van der Waals surface area (Å²) in [5.74, 6) is -2.07. The molecule has 0 heterocycles. The van der Waals surface area contributed by atoms with E-state index < -0.39 is 17.5 Å². The van der Waals surface area contributed by atoms with Gasteiger partial charge in [0.25, 0.3) is 5.60 Å². The summed E-state index contributed by atoms with van der Waals surface area (Å²) in [4.78, 5) is 23.6. The van der Waals surface area contributed by atoms with Crippen LogP contribution in [0.3, 0.4) is 0 Å². The monoisotopic (exact) mass is 252 g/mol. The van der Waals surface area contributed by atoms with Gasteiger partial charge in [0, 0.05) is 5.56 Å². The van der Waals surface area contributed by atoms with Crippen LogP contribution in [0, 0.1) is 0 Å². The number of carbonyl (C=O) groups is 2. The van der Waals surface area contributed by atoms with Crippen LogP contribution in [0.25, 0.3) is 0 Å². The molecule has 1 N–H and O–H groups in total. The second-order valence-electron chi connectivity index (χ2n) is 3.52. The molecule has 0 radical (unpaired) electrons. The molecule has 0 spiro atoms. The summed E-state index contributed by atoms with van der Waals surface area (Å²) < 4.78 is 9.48. The molecule has 0 aliphatic carbocycles. The molecule has 0 aliphatic heterocycles. The average Bonchev–Trinajstić information content (AvgIpc) is 2.39. The van der Waals surface area contributed by atoms with Crippen molar-refractivity contribution >= 4 is 11.9 Å². The Morgan fingerprint density at radius 1 is 1.06 bits per heavy atom. The lowest BCUT2D eigenvalue weighted by atomic mass is 9.94. The van der Waals surface area contributed by atoms with Gasteiger partial charge in [0.2, 0.25) is 0 Å². The van der Waals surface area contributed by atoms with Crippen LogP contribution >= 0.6 is 0 Å². The number of hydrogen-bond donors (Lipinski definition) is 1. The molecular formula is C13H16O5. The molecule has 5 heteroatoms. The third-order valence-corrected chi connectivity index (χ3v) is 2.33. The van der Waals surface area contributed by atoms with E-state index in [1.54, 1.807) is 32.0 Å². The first-order valence-electron chi connectivity index (χ1n) is 5.69. The molecule has 0 atom stereocenters. The Morgan fingerprint density at radius 3 is 1.89 bits per heavy atom. The molecule has 5 nitrogen and oxygen atoms in total. The Hall–Kier alpha value is -1.88. The third kappa shape index (κ3) is 2.68. The number of aliphatic hydroxyl groups is 1. The number of esters is 2. The first-order chi connectivity index (χ1) is 8.57. The number of hydrogen-bond acceptors (Lipinski definition) is 5. The first kappa shape index (κ1) is 14.2. The van der Waals surface area contributed by atoms with Crippen LogP contribution in [0.2, 0.25) is 0 Å². The van der Waals surface area contributed by atoms with Gasteiger partial charge in [-0.05, 0) is 13.8 Å². The Labute approximate surface area is 105 Å². The van der Waals surface area contributed by atoms with Gasteiger partial charge in [0.15, 0.2) is 0 Å². The fourth-order valence-electron chi connectivity index (χ4n) is 1.47. The summed E-state index contributed by atoms with van der Waals surface area (Å²) >= 11 is 0. The van der Waals surface area contributed by atoms with E-state index >= 15 is 0 Å². The van der Waals surface area contributed by atoms with E-state index in [0.29, 0.717) is 0 Å². The lowest BCUT2D eigenvalue weighted by Crippen LogP contribution is -2.46. The Kier molecular flexibility index (Phi) is 4.85. The van der Waals surface area contributed by atoms with E-state index in [0.717, 1.165) is 0 Å². The van der Waals surface area contributed by atoms with Gasteiger partial charge in [-0.15, -0.1) is 0 Å². The highest BCUT2D eigenvalue weighted by atomic mass is 16.6. The normalized spacial score (nSPS) is 10.8. The van der Waals surface area contributed by atoms with Gasteiger partial charge in [-0.1, -0.05) is 30.3 Å². The number of carbonyl (C=O) groups excluding carboxylic acids is 2. The van der Waals surface area contributed by atoms with E-state index in [4.69, 9.17) is 9.47 Å². The highest BCUT2D eigenvalue weighted by Gasteiger charge is 2.49. The molecule has 1 aromatic carbocycles. The van der Waals surface area contributed by atoms with Crippen molar-refractivity contribution in [3.05, 3.63) is 35.9 Å². The van der Waals surface area contributed by atoms with Gasteiger partial charge in [-0.25, -0.2) is 9.59 Å². The van der Waals surface area contributed by atoms with Crippen LogP contribution < -0.4 is 0 Å². The molecule has 1 aromatic rings. The summed E-state index contributed by atoms with van der Waals surface area (Å²) in [5.41, 5.74) is -2.28. The van der Waals surface area contributed by atoms with Crippen LogP contribution in [0.15, 0.2) is 30.3 Å². The van der Waals surface area contributed by atoms with Crippen molar-refractivity contribution in [3.8, 4) is 0 Å². The Balaban J connectivity index is 3.17. The summed E-state index contributed by atoms with van der Waals surface area (Å²) in [5, 5.41) is 10.3. The first-order valence-corrected chi connectivity index (χ1v) is 5.69. The molecule has 0 bridgehead atoms. The Bertz CT molecular complexity index is 395. The predicted octanol–water partition coefficient (Wildman–Crippen LogP) is 1.00. The minimum Gasteiger partial charge on any atom is -0.463 e. The summed E-state index contributed by atoms with van der Waals surface area (Å²) in [6.07, 6.45) is 0. The van der Waals surface area contributed by atoms with E-state index in [1.807, 2.05) is 0 Å². The Morgan fingerprint density at radius 2 is 1.50 bits per heavy atom. The maximum atomic E-state index is 11.8. The van der Waals surface area contributed by atoms with Gasteiger partial charge in [0.1, 0.15) is 0 Å². The maximum absolute atomic E-state index is 11.8. The summed E-state index contributed by atoms with van der Waals surface area (Å²) in [7, 11) is 0. The van der Waals surface area contributed by atoms with Gasteiger partial charge in [-0.3, -0.25) is 0 Å². The number of ether oxygens (including phenoxy) is 2. The number of benzene rings is 1. The van der Waals surface area contributed by atoms with Crippen molar-refractivity contribution in [2.45, 2.75) is 19.4 Å². The quantitative estimate of drug-likeness (QED) is 0.625. The maximum Gasteiger partial charge on any atom is 0.354 e. The van der Waals surface area contributed by atoms with E-state index in [2.05, 4.69) is 0 Å². The van der Waals surface area contributed by atoms with Crippen LogP contribution in [0.4, 0.5) is 0 Å². The fraction of sp³-hybridized carbons (Fsp3) is 0.385. The molecule has 0 saturated heterocycles. The van der Waals surface area contributed by atoms with E-state index in [9.17, 15) is 14.7 Å². The SMILES string of the molecule is CCOC(=O)C(O)(C(=O)OCC)c1ccccc1. The van der Waals surface area contributed by atoms with Crippen molar-refractivity contribution in [2.75, 3.05) is 13.2 Å². The lowest BCUT2D eigenvalue weighted by Gasteiger charge is -2.23. The largest absolute Gasteiger partial charge is 0.463 e. The highest BCUT2D eigenvalue weighted by molar-refractivity contribution is 6.04. The molecule has 0 unspecified atom stereocenters. The lowest BCUT2D eigenvalue weighted by molar-refractivity contribution is -0.184. The molecule has 0 aliphatic rings. The van der Waals surface area contributed by atoms with Gasteiger partial charge in [0.05, 0.1) is 13.2 Å². The zero-order valence-corrected chi connectivity index (χ0v) is 10.4. The second kappa shape index (κ2) is 6.16. The topological polar surface area (TPSA) is 72.8 Å². The van der Waals surface area contributed by atoms with Crippen molar-refractivity contribution in [2.24, 2.45) is 0 Å². The summed E-state index contributed by atoms with van der Waals surface area (Å²) in [6.45, 7) is 3.31. The zero-order chi connectivity index (χ0) is 13.6. The van der Waals surface area contributed by atoms with Crippen LogP contribution in [-0.2, 0) is 24.7 Å². The van der Waals surface area contributed by atoms with Gasteiger partial charge >= 0.3 is 11.9 Å². The van der Waals surface area contributed by atoms with Crippen LogP contribution in [0.5, 0.6) is 0 Å². The van der Waals surface area contributed by atoms with Crippen molar-refractivity contribution < 1.29 is 24.2 Å². The minimum atomic E-state index is -2.41. The molecule has 0 saturated carbocycles. The van der Waals surface area contributed by atoms with Gasteiger partial charge < -0.3 is 14.6 Å². The average molecular weight is 252 g/mol. The molecular weight excluding hydrogens is 236 g/mol. The number of rotatable bonds is 5. The van der Waals surface area contributed by atoms with Crippen molar-refractivity contribution in [1.82, 2.24) is 0 Å². The molecule has 98 valence electrons.